The van der Waals surface area contributed by atoms with E-state index in [1.54, 1.807) is 12.1 Å². The Kier molecular flexibility index (Phi) is 3.34. The van der Waals surface area contributed by atoms with Gasteiger partial charge in [-0.3, -0.25) is 4.79 Å². The number of aliphatic carboxylic acids is 1. The highest BCUT2D eigenvalue weighted by atomic mass is 16.5. The first-order chi connectivity index (χ1) is 6.63. The molecule has 4 nitrogen and oxygen atoms in total. The van der Waals surface area contributed by atoms with Gasteiger partial charge in [0.2, 0.25) is 0 Å². The van der Waals surface area contributed by atoms with Gasteiger partial charge in [-0.05, 0) is 24.6 Å². The zero-order chi connectivity index (χ0) is 10.6. The summed E-state index contributed by atoms with van der Waals surface area (Å²) < 4.78 is 5.10. The SMILES string of the molecule is CCOc1ccc(CC(=O)O)cc1O. The van der Waals surface area contributed by atoms with Crippen molar-refractivity contribution in [1.29, 1.82) is 0 Å². The van der Waals surface area contributed by atoms with Gasteiger partial charge in [-0.1, -0.05) is 6.07 Å². The van der Waals surface area contributed by atoms with Crippen molar-refractivity contribution >= 4 is 5.97 Å². The molecule has 0 aliphatic heterocycles. The first-order valence-electron chi connectivity index (χ1n) is 4.30. The highest BCUT2D eigenvalue weighted by molar-refractivity contribution is 5.70. The molecule has 0 heterocycles. The molecule has 0 spiro atoms. The number of carboxylic acids is 1. The third kappa shape index (κ3) is 2.65. The quantitative estimate of drug-likeness (QED) is 0.764. The Balaban J connectivity index is 2.83. The number of phenolic OH excluding ortho intramolecular Hbond substituents is 1. The van der Waals surface area contributed by atoms with E-state index < -0.39 is 5.97 Å². The second-order valence-electron chi connectivity index (χ2n) is 2.81. The molecular weight excluding hydrogens is 184 g/mol. The Bertz CT molecular complexity index is 333. The number of aromatic hydroxyl groups is 1. The Morgan fingerprint density at radius 1 is 1.50 bits per heavy atom. The van der Waals surface area contributed by atoms with Crippen LogP contribution >= 0.6 is 0 Å². The molecule has 0 bridgehead atoms. The maximum absolute atomic E-state index is 10.4. The van der Waals surface area contributed by atoms with Gasteiger partial charge in [-0.2, -0.15) is 0 Å². The monoisotopic (exact) mass is 196 g/mol. The van der Waals surface area contributed by atoms with Crippen molar-refractivity contribution in [3.05, 3.63) is 23.8 Å². The predicted octanol–water partition coefficient (Wildman–Crippen LogP) is 1.42. The van der Waals surface area contributed by atoms with E-state index in [2.05, 4.69) is 0 Å². The van der Waals surface area contributed by atoms with Gasteiger partial charge in [0.25, 0.3) is 0 Å². The molecule has 1 rings (SSSR count). The van der Waals surface area contributed by atoms with E-state index in [4.69, 9.17) is 9.84 Å². The van der Waals surface area contributed by atoms with Crippen LogP contribution < -0.4 is 4.74 Å². The lowest BCUT2D eigenvalue weighted by Gasteiger charge is -2.06. The summed E-state index contributed by atoms with van der Waals surface area (Å²) in [4.78, 5) is 10.4. The minimum Gasteiger partial charge on any atom is -0.504 e. The minimum absolute atomic E-state index is 0.0226. The van der Waals surface area contributed by atoms with Crippen molar-refractivity contribution in [2.24, 2.45) is 0 Å². The van der Waals surface area contributed by atoms with Crippen molar-refractivity contribution in [1.82, 2.24) is 0 Å². The second kappa shape index (κ2) is 4.50. The van der Waals surface area contributed by atoms with Crippen LogP contribution in [0.25, 0.3) is 0 Å². The third-order valence-corrected chi connectivity index (χ3v) is 1.68. The Morgan fingerprint density at radius 2 is 2.21 bits per heavy atom. The van der Waals surface area contributed by atoms with Crippen molar-refractivity contribution < 1.29 is 19.7 Å². The van der Waals surface area contributed by atoms with E-state index in [1.807, 2.05) is 6.92 Å². The van der Waals surface area contributed by atoms with Crippen molar-refractivity contribution in [2.45, 2.75) is 13.3 Å². The van der Waals surface area contributed by atoms with Gasteiger partial charge in [0.15, 0.2) is 11.5 Å². The topological polar surface area (TPSA) is 66.8 Å². The maximum atomic E-state index is 10.4. The number of phenols is 1. The van der Waals surface area contributed by atoms with Crippen LogP contribution in [0, 0.1) is 0 Å². The molecule has 0 aromatic heterocycles. The van der Waals surface area contributed by atoms with Crippen LogP contribution in [0.4, 0.5) is 0 Å². The zero-order valence-corrected chi connectivity index (χ0v) is 7.86. The molecule has 0 amide bonds. The van der Waals surface area contributed by atoms with Crippen molar-refractivity contribution in [3.63, 3.8) is 0 Å². The molecule has 76 valence electrons. The summed E-state index contributed by atoms with van der Waals surface area (Å²) in [5, 5.41) is 17.9. The number of rotatable bonds is 4. The van der Waals surface area contributed by atoms with Crippen LogP contribution in [-0.2, 0) is 11.2 Å². The number of hydrogen-bond acceptors (Lipinski definition) is 3. The van der Waals surface area contributed by atoms with E-state index in [1.165, 1.54) is 6.07 Å². The smallest absolute Gasteiger partial charge is 0.307 e. The maximum Gasteiger partial charge on any atom is 0.307 e. The Morgan fingerprint density at radius 3 is 2.71 bits per heavy atom. The molecule has 1 aromatic carbocycles. The molecule has 0 saturated heterocycles. The summed E-state index contributed by atoms with van der Waals surface area (Å²) >= 11 is 0. The molecule has 14 heavy (non-hydrogen) atoms. The van der Waals surface area contributed by atoms with E-state index in [0.29, 0.717) is 17.9 Å². The van der Waals surface area contributed by atoms with Crippen LogP contribution in [0.1, 0.15) is 12.5 Å². The van der Waals surface area contributed by atoms with Crippen LogP contribution in [0.2, 0.25) is 0 Å². The van der Waals surface area contributed by atoms with Crippen LogP contribution in [0.15, 0.2) is 18.2 Å². The molecule has 4 heteroatoms. The van der Waals surface area contributed by atoms with Crippen LogP contribution in [0.5, 0.6) is 11.5 Å². The number of carboxylic acid groups (broad SMARTS) is 1. The average molecular weight is 196 g/mol. The van der Waals surface area contributed by atoms with Gasteiger partial charge >= 0.3 is 5.97 Å². The fourth-order valence-electron chi connectivity index (χ4n) is 1.13. The van der Waals surface area contributed by atoms with Crippen molar-refractivity contribution in [3.8, 4) is 11.5 Å². The first kappa shape index (κ1) is 10.4. The van der Waals surface area contributed by atoms with Gasteiger partial charge in [-0.15, -0.1) is 0 Å². The van der Waals surface area contributed by atoms with Crippen LogP contribution in [-0.4, -0.2) is 22.8 Å². The molecule has 1 aromatic rings. The summed E-state index contributed by atoms with van der Waals surface area (Å²) in [6.07, 6.45) is -0.0973. The Labute approximate surface area is 81.8 Å². The fourth-order valence-corrected chi connectivity index (χ4v) is 1.13. The fraction of sp³-hybridized carbons (Fsp3) is 0.300. The molecule has 2 N–H and O–H groups in total. The van der Waals surface area contributed by atoms with Gasteiger partial charge < -0.3 is 14.9 Å². The summed E-state index contributed by atoms with van der Waals surface area (Å²) in [6, 6.07) is 4.59. The summed E-state index contributed by atoms with van der Waals surface area (Å²) in [5.41, 5.74) is 0.554. The molecule has 0 atom stereocenters. The van der Waals surface area contributed by atoms with Gasteiger partial charge in [-0.25, -0.2) is 0 Å². The lowest BCUT2D eigenvalue weighted by molar-refractivity contribution is -0.136. The summed E-state index contributed by atoms with van der Waals surface area (Å²) in [5.74, 6) is -0.569. The van der Waals surface area contributed by atoms with Crippen molar-refractivity contribution in [2.75, 3.05) is 6.61 Å². The normalized spacial score (nSPS) is 9.79. The predicted molar refractivity (Wildman–Crippen MR) is 50.6 cm³/mol. The lowest BCUT2D eigenvalue weighted by atomic mass is 10.1. The molecule has 0 unspecified atom stereocenters. The van der Waals surface area contributed by atoms with Gasteiger partial charge in [0, 0.05) is 0 Å². The summed E-state index contributed by atoms with van der Waals surface area (Å²) in [6.45, 7) is 2.27. The van der Waals surface area contributed by atoms with E-state index in [-0.39, 0.29) is 12.2 Å². The zero-order valence-electron chi connectivity index (χ0n) is 7.86. The second-order valence-corrected chi connectivity index (χ2v) is 2.81. The highest BCUT2D eigenvalue weighted by Gasteiger charge is 2.05. The number of carbonyl (C=O) groups is 1. The third-order valence-electron chi connectivity index (χ3n) is 1.68. The van der Waals surface area contributed by atoms with Gasteiger partial charge in [0.1, 0.15) is 0 Å². The molecule has 0 saturated carbocycles. The van der Waals surface area contributed by atoms with Crippen LogP contribution in [0.3, 0.4) is 0 Å². The van der Waals surface area contributed by atoms with E-state index >= 15 is 0 Å². The molecule has 0 radical (unpaired) electrons. The molecule has 0 fully saturated rings. The largest absolute Gasteiger partial charge is 0.504 e. The standard InChI is InChI=1S/C10H12O4/c1-2-14-9-4-3-7(5-8(9)11)6-10(12)13/h3-5,11H,2,6H2,1H3,(H,12,13). The van der Waals surface area contributed by atoms with E-state index in [0.717, 1.165) is 0 Å². The number of benzene rings is 1. The molecular formula is C10H12O4. The average Bonchev–Trinajstić information content (AvgIpc) is 2.09. The number of hydrogen-bond donors (Lipinski definition) is 2. The highest BCUT2D eigenvalue weighted by Crippen LogP contribution is 2.26. The number of ether oxygens (including phenoxy) is 1. The molecule has 0 aliphatic carbocycles. The summed E-state index contributed by atoms with van der Waals surface area (Å²) in [7, 11) is 0. The lowest BCUT2D eigenvalue weighted by Crippen LogP contribution is -2.00. The minimum atomic E-state index is -0.923. The molecule has 0 aliphatic rings. The Hall–Kier alpha value is -1.71. The van der Waals surface area contributed by atoms with E-state index in [9.17, 15) is 9.90 Å². The van der Waals surface area contributed by atoms with Gasteiger partial charge in [0.05, 0.1) is 13.0 Å². The first-order valence-corrected chi connectivity index (χ1v) is 4.30.